The van der Waals surface area contributed by atoms with Crippen molar-refractivity contribution in [2.24, 2.45) is 17.8 Å². The van der Waals surface area contributed by atoms with Crippen molar-refractivity contribution in [3.63, 3.8) is 0 Å². The Morgan fingerprint density at radius 3 is 2.00 bits per heavy atom. The first-order chi connectivity index (χ1) is 9.61. The Kier molecular flexibility index (Phi) is 4.06. The normalized spacial score (nSPS) is 25.8. The molecule has 0 aromatic rings. The van der Waals surface area contributed by atoms with E-state index in [1.165, 1.54) is 51.6 Å². The molecule has 3 fully saturated rings. The first kappa shape index (κ1) is 14.4. The molecule has 0 amide bonds. The van der Waals surface area contributed by atoms with Gasteiger partial charge in [0.1, 0.15) is 5.54 Å². The molecule has 1 atom stereocenters. The number of nitriles is 1. The highest BCUT2D eigenvalue weighted by molar-refractivity contribution is 5.17. The van der Waals surface area contributed by atoms with E-state index in [-0.39, 0.29) is 5.54 Å². The first-order valence-electron chi connectivity index (χ1n) is 8.52. The molecule has 0 aromatic heterocycles. The minimum Gasteiger partial charge on any atom is -0.300 e. The maximum atomic E-state index is 9.85. The van der Waals surface area contributed by atoms with Crippen molar-refractivity contribution >= 4 is 0 Å². The Morgan fingerprint density at radius 1 is 1.10 bits per heavy atom. The lowest BCUT2D eigenvalue weighted by Gasteiger charge is -2.36. The maximum absolute atomic E-state index is 9.85. The van der Waals surface area contributed by atoms with Crippen LogP contribution in [0.4, 0.5) is 0 Å². The van der Waals surface area contributed by atoms with Crippen LogP contribution in [-0.2, 0) is 0 Å². The summed E-state index contributed by atoms with van der Waals surface area (Å²) in [5.74, 6) is 2.42. The molecule has 0 bridgehead atoms. The minimum atomic E-state index is -0.294. The highest BCUT2D eigenvalue weighted by Gasteiger charge is 2.47. The summed E-state index contributed by atoms with van der Waals surface area (Å²) in [6, 6.07) is 3.06. The van der Waals surface area contributed by atoms with Gasteiger partial charge in [-0.25, -0.2) is 0 Å². The monoisotopic (exact) mass is 275 g/mol. The van der Waals surface area contributed by atoms with Crippen LogP contribution in [0.5, 0.6) is 0 Å². The average molecular weight is 275 g/mol. The van der Waals surface area contributed by atoms with Crippen LogP contribution in [-0.4, -0.2) is 36.1 Å². The lowest BCUT2D eigenvalue weighted by molar-refractivity contribution is 0.176. The zero-order chi connectivity index (χ0) is 14.2. The fourth-order valence-electron chi connectivity index (χ4n) is 3.43. The van der Waals surface area contributed by atoms with Gasteiger partial charge < -0.3 is 0 Å². The standard InChI is InChI=1S/C17H29N3/c1-13(2)19-17(11-18,16-7-8-16)12-20(9-14-3-4-14)10-15-5-6-15/h13-16,19H,3-10,12H2,1-2H3. The molecule has 3 aliphatic carbocycles. The van der Waals surface area contributed by atoms with Gasteiger partial charge >= 0.3 is 0 Å². The molecule has 20 heavy (non-hydrogen) atoms. The van der Waals surface area contributed by atoms with Crippen LogP contribution in [0.2, 0.25) is 0 Å². The molecule has 0 radical (unpaired) electrons. The number of hydrogen-bond donors (Lipinski definition) is 1. The molecule has 3 rings (SSSR count). The van der Waals surface area contributed by atoms with E-state index in [0.717, 1.165) is 18.4 Å². The van der Waals surface area contributed by atoms with Gasteiger partial charge in [-0.05, 0) is 70.1 Å². The molecule has 112 valence electrons. The second-order valence-electron chi connectivity index (χ2n) is 7.74. The fraction of sp³-hybridized carbons (Fsp3) is 0.941. The molecular weight excluding hydrogens is 246 g/mol. The van der Waals surface area contributed by atoms with E-state index in [0.29, 0.717) is 12.0 Å². The van der Waals surface area contributed by atoms with Gasteiger partial charge in [-0.15, -0.1) is 0 Å². The molecule has 1 unspecified atom stereocenters. The Morgan fingerprint density at radius 2 is 1.65 bits per heavy atom. The Bertz CT molecular complexity index is 360. The highest BCUT2D eigenvalue weighted by Crippen LogP contribution is 2.41. The van der Waals surface area contributed by atoms with Gasteiger partial charge in [-0.1, -0.05) is 0 Å². The third-order valence-electron chi connectivity index (χ3n) is 4.92. The lowest BCUT2D eigenvalue weighted by Crippen LogP contribution is -2.57. The average Bonchev–Trinajstić information content (AvgIpc) is 3.25. The summed E-state index contributed by atoms with van der Waals surface area (Å²) < 4.78 is 0. The number of nitrogens with zero attached hydrogens (tertiary/aromatic N) is 2. The zero-order valence-corrected chi connectivity index (χ0v) is 13.1. The predicted octanol–water partition coefficient (Wildman–Crippen LogP) is 2.78. The molecule has 3 heteroatoms. The van der Waals surface area contributed by atoms with E-state index in [2.05, 4.69) is 30.1 Å². The summed E-state index contributed by atoms with van der Waals surface area (Å²) in [6.45, 7) is 7.74. The van der Waals surface area contributed by atoms with Crippen LogP contribution in [0.25, 0.3) is 0 Å². The molecular formula is C17H29N3. The fourth-order valence-corrected chi connectivity index (χ4v) is 3.43. The van der Waals surface area contributed by atoms with Gasteiger partial charge in [-0.3, -0.25) is 10.2 Å². The summed E-state index contributed by atoms with van der Waals surface area (Å²) in [4.78, 5) is 2.62. The molecule has 3 saturated carbocycles. The van der Waals surface area contributed by atoms with Crippen molar-refractivity contribution in [1.82, 2.24) is 10.2 Å². The van der Waals surface area contributed by atoms with E-state index in [4.69, 9.17) is 0 Å². The summed E-state index contributed by atoms with van der Waals surface area (Å²) in [5, 5.41) is 13.5. The summed E-state index contributed by atoms with van der Waals surface area (Å²) in [5.41, 5.74) is -0.294. The minimum absolute atomic E-state index is 0.294. The highest BCUT2D eigenvalue weighted by atomic mass is 15.2. The van der Waals surface area contributed by atoms with Crippen LogP contribution in [0, 0.1) is 29.1 Å². The van der Waals surface area contributed by atoms with E-state index >= 15 is 0 Å². The van der Waals surface area contributed by atoms with Gasteiger partial charge in [0.2, 0.25) is 0 Å². The van der Waals surface area contributed by atoms with E-state index in [1.807, 2.05) is 0 Å². The summed E-state index contributed by atoms with van der Waals surface area (Å²) in [6.07, 6.45) is 8.08. The number of hydrogen-bond acceptors (Lipinski definition) is 3. The van der Waals surface area contributed by atoms with E-state index < -0.39 is 0 Å². The molecule has 0 aliphatic heterocycles. The van der Waals surface area contributed by atoms with Crippen LogP contribution in [0.1, 0.15) is 52.4 Å². The molecule has 0 aromatic carbocycles. The van der Waals surface area contributed by atoms with Gasteiger partial charge in [0, 0.05) is 25.7 Å². The molecule has 1 N–H and O–H groups in total. The maximum Gasteiger partial charge on any atom is 0.122 e. The molecule has 0 heterocycles. The number of rotatable bonds is 9. The van der Waals surface area contributed by atoms with Gasteiger partial charge in [0.05, 0.1) is 6.07 Å². The largest absolute Gasteiger partial charge is 0.300 e. The third-order valence-corrected chi connectivity index (χ3v) is 4.92. The Hall–Kier alpha value is -0.590. The van der Waals surface area contributed by atoms with Crippen molar-refractivity contribution in [2.45, 2.75) is 64.0 Å². The van der Waals surface area contributed by atoms with Crippen molar-refractivity contribution in [2.75, 3.05) is 19.6 Å². The molecule has 0 saturated heterocycles. The van der Waals surface area contributed by atoms with Gasteiger partial charge in [0.15, 0.2) is 0 Å². The second kappa shape index (κ2) is 5.66. The lowest BCUT2D eigenvalue weighted by atomic mass is 9.92. The van der Waals surface area contributed by atoms with Gasteiger partial charge in [0.25, 0.3) is 0 Å². The molecule has 0 spiro atoms. The number of nitrogens with one attached hydrogen (secondary N) is 1. The van der Waals surface area contributed by atoms with Crippen molar-refractivity contribution in [1.29, 1.82) is 5.26 Å². The van der Waals surface area contributed by atoms with Crippen LogP contribution < -0.4 is 5.32 Å². The molecule has 3 nitrogen and oxygen atoms in total. The SMILES string of the molecule is CC(C)NC(C#N)(CN(CC1CC1)CC1CC1)C1CC1. The van der Waals surface area contributed by atoms with Crippen LogP contribution in [0.3, 0.4) is 0 Å². The molecule has 3 aliphatic rings. The van der Waals surface area contributed by atoms with Crippen LogP contribution >= 0.6 is 0 Å². The summed E-state index contributed by atoms with van der Waals surface area (Å²) in [7, 11) is 0. The van der Waals surface area contributed by atoms with Gasteiger partial charge in [-0.2, -0.15) is 5.26 Å². The van der Waals surface area contributed by atoms with Crippen molar-refractivity contribution in [3.05, 3.63) is 0 Å². The van der Waals surface area contributed by atoms with Crippen molar-refractivity contribution in [3.8, 4) is 6.07 Å². The Labute approximate surface area is 123 Å². The smallest absolute Gasteiger partial charge is 0.122 e. The predicted molar refractivity (Wildman–Crippen MR) is 81.2 cm³/mol. The zero-order valence-electron chi connectivity index (χ0n) is 13.1. The quantitative estimate of drug-likeness (QED) is 0.703. The Balaban J connectivity index is 1.66. The van der Waals surface area contributed by atoms with Crippen LogP contribution in [0.15, 0.2) is 0 Å². The third kappa shape index (κ3) is 3.74. The first-order valence-corrected chi connectivity index (χ1v) is 8.52. The van der Waals surface area contributed by atoms with E-state index in [1.54, 1.807) is 0 Å². The topological polar surface area (TPSA) is 39.1 Å². The second-order valence-corrected chi connectivity index (χ2v) is 7.74. The summed E-state index contributed by atoms with van der Waals surface area (Å²) >= 11 is 0. The van der Waals surface area contributed by atoms with E-state index in [9.17, 15) is 5.26 Å². The van der Waals surface area contributed by atoms with Crippen molar-refractivity contribution < 1.29 is 0 Å².